The van der Waals surface area contributed by atoms with Gasteiger partial charge in [-0.1, -0.05) is 98.6 Å². The number of likely N-dealkylation sites (N-methyl/N-ethyl adjacent to an activating group) is 1. The summed E-state index contributed by atoms with van der Waals surface area (Å²) in [5.41, 5.74) is 2.12. The van der Waals surface area contributed by atoms with E-state index >= 15 is 0 Å². The van der Waals surface area contributed by atoms with Gasteiger partial charge in [-0.05, 0) is 61.4 Å². The summed E-state index contributed by atoms with van der Waals surface area (Å²) in [7, 11) is -1.93. The number of carbonyl (C=O) groups excluding carboxylic acids is 1. The van der Waals surface area contributed by atoms with Crippen molar-refractivity contribution in [3.63, 3.8) is 0 Å². The van der Waals surface area contributed by atoms with Crippen LogP contribution in [0.2, 0.25) is 0 Å². The Labute approximate surface area is 258 Å². The molecule has 4 rings (SSSR count). The van der Waals surface area contributed by atoms with E-state index in [-0.39, 0.29) is 24.0 Å². The van der Waals surface area contributed by atoms with Crippen LogP contribution in [0.3, 0.4) is 0 Å². The maximum atomic E-state index is 13.3. The lowest BCUT2D eigenvalue weighted by atomic mass is 9.92. The number of rotatable bonds is 16. The van der Waals surface area contributed by atoms with Crippen molar-refractivity contribution in [1.82, 2.24) is 14.5 Å². The van der Waals surface area contributed by atoms with Gasteiger partial charge in [0.05, 0.1) is 17.0 Å². The molecular weight excluding hydrogens is 558 g/mol. The number of carbonyl (C=O) groups is 1. The molecule has 0 radical (unpaired) electrons. The average molecular weight is 606 g/mol. The van der Waals surface area contributed by atoms with Crippen molar-refractivity contribution in [3.05, 3.63) is 102 Å². The SMILES string of the molecule is CCCCCNC1CC(C(=O)OCc2ccccc2)CCN1CCC(CN(C)S(=O)(=O)c1ccccc1)c1ccccc1. The topological polar surface area (TPSA) is 79.0 Å². The highest BCUT2D eigenvalue weighted by molar-refractivity contribution is 7.89. The molecule has 0 aromatic heterocycles. The largest absolute Gasteiger partial charge is 0.461 e. The number of hydrogen-bond acceptors (Lipinski definition) is 6. The molecule has 7 nitrogen and oxygen atoms in total. The third-order valence-electron chi connectivity index (χ3n) is 8.40. The van der Waals surface area contributed by atoms with Crippen LogP contribution in [0.5, 0.6) is 0 Å². The normalized spacial score (nSPS) is 18.4. The highest BCUT2D eigenvalue weighted by atomic mass is 32.2. The predicted octanol–water partition coefficient (Wildman–Crippen LogP) is 6.04. The van der Waals surface area contributed by atoms with Crippen molar-refractivity contribution < 1.29 is 17.9 Å². The Kier molecular flexibility index (Phi) is 12.8. The number of sulfonamides is 1. The summed E-state index contributed by atoms with van der Waals surface area (Å²) in [4.78, 5) is 15.8. The Morgan fingerprint density at radius 3 is 2.30 bits per heavy atom. The third kappa shape index (κ3) is 9.73. The smallest absolute Gasteiger partial charge is 0.309 e. The van der Waals surface area contributed by atoms with E-state index in [4.69, 9.17) is 4.74 Å². The molecule has 232 valence electrons. The lowest BCUT2D eigenvalue weighted by molar-refractivity contribution is -0.152. The number of esters is 1. The van der Waals surface area contributed by atoms with Crippen molar-refractivity contribution in [2.45, 2.75) is 69.0 Å². The van der Waals surface area contributed by atoms with Gasteiger partial charge in [-0.25, -0.2) is 12.7 Å². The number of unbranched alkanes of at least 4 members (excludes halogenated alkanes) is 2. The summed E-state index contributed by atoms with van der Waals surface area (Å²) in [5.74, 6) is -0.242. The second-order valence-corrected chi connectivity index (χ2v) is 13.6. The zero-order valence-corrected chi connectivity index (χ0v) is 26.4. The number of piperidine rings is 1. The van der Waals surface area contributed by atoms with Gasteiger partial charge < -0.3 is 10.1 Å². The molecule has 0 amide bonds. The first-order valence-corrected chi connectivity index (χ1v) is 17.1. The van der Waals surface area contributed by atoms with Gasteiger partial charge in [-0.15, -0.1) is 0 Å². The fourth-order valence-corrected chi connectivity index (χ4v) is 7.03. The Morgan fingerprint density at radius 1 is 0.977 bits per heavy atom. The number of benzene rings is 3. The van der Waals surface area contributed by atoms with Gasteiger partial charge in [0, 0.05) is 26.7 Å². The molecule has 8 heteroatoms. The molecule has 3 aromatic rings. The van der Waals surface area contributed by atoms with E-state index < -0.39 is 10.0 Å². The summed E-state index contributed by atoms with van der Waals surface area (Å²) >= 11 is 0. The first kappa shape index (κ1) is 32.9. The van der Waals surface area contributed by atoms with E-state index in [0.29, 0.717) is 24.5 Å². The predicted molar refractivity (Wildman–Crippen MR) is 172 cm³/mol. The first-order valence-electron chi connectivity index (χ1n) is 15.6. The minimum absolute atomic E-state index is 0.0268. The van der Waals surface area contributed by atoms with Gasteiger partial charge in [0.25, 0.3) is 0 Å². The first-order chi connectivity index (χ1) is 20.9. The van der Waals surface area contributed by atoms with Crippen molar-refractivity contribution in [1.29, 1.82) is 0 Å². The van der Waals surface area contributed by atoms with Crippen molar-refractivity contribution in [3.8, 4) is 0 Å². The van der Waals surface area contributed by atoms with Crippen LogP contribution >= 0.6 is 0 Å². The van der Waals surface area contributed by atoms with Crippen LogP contribution < -0.4 is 5.32 Å². The number of nitrogens with one attached hydrogen (secondary N) is 1. The molecule has 43 heavy (non-hydrogen) atoms. The van der Waals surface area contributed by atoms with E-state index in [2.05, 4.69) is 29.3 Å². The van der Waals surface area contributed by atoms with Crippen molar-refractivity contribution >= 4 is 16.0 Å². The van der Waals surface area contributed by atoms with Crippen LogP contribution in [0, 0.1) is 5.92 Å². The summed E-state index contributed by atoms with van der Waals surface area (Å²) < 4.78 is 33.9. The Morgan fingerprint density at radius 2 is 1.63 bits per heavy atom. The van der Waals surface area contributed by atoms with Crippen LogP contribution in [-0.2, 0) is 26.2 Å². The molecule has 3 unspecified atom stereocenters. The van der Waals surface area contributed by atoms with Crippen LogP contribution in [-0.4, -0.2) is 63.0 Å². The van der Waals surface area contributed by atoms with E-state index in [1.165, 1.54) is 10.7 Å². The van der Waals surface area contributed by atoms with E-state index in [1.54, 1.807) is 31.3 Å². The quantitative estimate of drug-likeness (QED) is 0.158. The summed E-state index contributed by atoms with van der Waals surface area (Å²) in [6.07, 6.45) is 5.75. The molecule has 1 heterocycles. The second kappa shape index (κ2) is 16.7. The van der Waals surface area contributed by atoms with Gasteiger partial charge >= 0.3 is 5.97 Å². The minimum Gasteiger partial charge on any atom is -0.461 e. The molecule has 1 aliphatic heterocycles. The number of ether oxygens (including phenoxy) is 1. The van der Waals surface area contributed by atoms with Gasteiger partial charge in [-0.2, -0.15) is 0 Å². The molecule has 3 aromatic carbocycles. The van der Waals surface area contributed by atoms with Gasteiger partial charge in [-0.3, -0.25) is 9.69 Å². The molecular formula is C35H47N3O4S. The molecule has 0 aliphatic carbocycles. The molecule has 1 aliphatic rings. The van der Waals surface area contributed by atoms with E-state index in [1.807, 2.05) is 54.6 Å². The van der Waals surface area contributed by atoms with Crippen LogP contribution in [0.25, 0.3) is 0 Å². The van der Waals surface area contributed by atoms with Crippen molar-refractivity contribution in [2.75, 3.05) is 33.2 Å². The fourth-order valence-electron chi connectivity index (χ4n) is 5.79. The van der Waals surface area contributed by atoms with Gasteiger partial charge in [0.1, 0.15) is 6.61 Å². The number of likely N-dealkylation sites (tertiary alicyclic amines) is 1. The van der Waals surface area contributed by atoms with Crippen LogP contribution in [0.4, 0.5) is 0 Å². The monoisotopic (exact) mass is 605 g/mol. The van der Waals surface area contributed by atoms with E-state index in [9.17, 15) is 13.2 Å². The highest BCUT2D eigenvalue weighted by Gasteiger charge is 2.33. The van der Waals surface area contributed by atoms with Crippen LogP contribution in [0.15, 0.2) is 95.9 Å². The molecule has 0 saturated carbocycles. The lowest BCUT2D eigenvalue weighted by Crippen LogP contribution is -2.52. The van der Waals surface area contributed by atoms with Crippen molar-refractivity contribution in [2.24, 2.45) is 5.92 Å². The summed E-state index contributed by atoms with van der Waals surface area (Å²) in [5, 5.41) is 3.73. The molecule has 0 spiro atoms. The molecule has 1 saturated heterocycles. The number of nitrogens with zero attached hydrogens (tertiary/aromatic N) is 2. The summed E-state index contributed by atoms with van der Waals surface area (Å²) in [6, 6.07) is 28.6. The minimum atomic E-state index is -3.60. The zero-order valence-electron chi connectivity index (χ0n) is 25.6. The Balaban J connectivity index is 1.42. The lowest BCUT2D eigenvalue weighted by Gasteiger charge is -2.40. The second-order valence-electron chi connectivity index (χ2n) is 11.5. The van der Waals surface area contributed by atoms with Crippen LogP contribution in [0.1, 0.15) is 62.5 Å². The number of hydrogen-bond donors (Lipinski definition) is 1. The fraction of sp³-hybridized carbons (Fsp3) is 0.457. The molecule has 3 atom stereocenters. The Bertz CT molecular complexity index is 1340. The molecule has 1 fully saturated rings. The third-order valence-corrected chi connectivity index (χ3v) is 10.2. The standard InChI is InChI=1S/C35H47N3O4S/c1-3-4-14-23-36-34-26-31(35(39)42-28-29-15-8-5-9-16-29)21-24-38(34)25-22-32(30-17-10-6-11-18-30)27-37(2)43(40,41)33-19-12-7-13-20-33/h5-13,15-20,31-32,34,36H,3-4,14,21-28H2,1-2H3. The van der Waals surface area contributed by atoms with E-state index in [0.717, 1.165) is 56.4 Å². The molecule has 0 bridgehead atoms. The maximum absolute atomic E-state index is 13.3. The maximum Gasteiger partial charge on any atom is 0.309 e. The highest BCUT2D eigenvalue weighted by Crippen LogP contribution is 2.28. The average Bonchev–Trinajstić information content (AvgIpc) is 3.05. The van der Waals surface area contributed by atoms with Gasteiger partial charge in [0.2, 0.25) is 10.0 Å². The van der Waals surface area contributed by atoms with Gasteiger partial charge in [0.15, 0.2) is 0 Å². The zero-order chi connectivity index (χ0) is 30.5. The Hall–Kier alpha value is -3.04. The summed E-state index contributed by atoms with van der Waals surface area (Å²) in [6.45, 7) is 5.38. The molecule has 1 N–H and O–H groups in total.